The van der Waals surface area contributed by atoms with Gasteiger partial charge in [-0.25, -0.2) is 4.39 Å². The molecule has 1 amide bonds. The van der Waals surface area contributed by atoms with Crippen LogP contribution < -0.4 is 5.32 Å². The van der Waals surface area contributed by atoms with Gasteiger partial charge in [-0.15, -0.1) is 0 Å². The molecule has 20 heavy (non-hydrogen) atoms. The third-order valence-electron chi connectivity index (χ3n) is 3.88. The molecule has 0 atom stereocenters. The first-order valence-electron chi connectivity index (χ1n) is 6.64. The molecule has 0 aromatic heterocycles. The van der Waals surface area contributed by atoms with Gasteiger partial charge in [0.05, 0.1) is 11.1 Å². The summed E-state index contributed by atoms with van der Waals surface area (Å²) in [6.07, 6.45) is 3.12. The number of hydrogen-bond donors (Lipinski definition) is 1. The maximum Gasteiger partial charge on any atom is 0.252 e. The summed E-state index contributed by atoms with van der Waals surface area (Å²) in [7, 11) is 0. The van der Waals surface area contributed by atoms with Crippen LogP contribution in [0.2, 0.25) is 5.02 Å². The van der Waals surface area contributed by atoms with E-state index in [1.54, 1.807) is 0 Å². The van der Waals surface area contributed by atoms with Crippen molar-refractivity contribution in [2.45, 2.75) is 38.1 Å². The van der Waals surface area contributed by atoms with Crippen molar-refractivity contribution in [3.05, 3.63) is 34.6 Å². The Morgan fingerprint density at radius 2 is 2.15 bits per heavy atom. The summed E-state index contributed by atoms with van der Waals surface area (Å²) >= 11 is 5.67. The van der Waals surface area contributed by atoms with Crippen LogP contribution >= 0.6 is 11.6 Å². The van der Waals surface area contributed by atoms with Crippen molar-refractivity contribution >= 4 is 17.5 Å². The Morgan fingerprint density at radius 1 is 1.50 bits per heavy atom. The molecule has 0 spiro atoms. The maximum atomic E-state index is 13.1. The Bertz CT molecular complexity index is 559. The zero-order valence-electron chi connectivity index (χ0n) is 11.2. The van der Waals surface area contributed by atoms with E-state index in [-0.39, 0.29) is 16.5 Å². The summed E-state index contributed by atoms with van der Waals surface area (Å²) in [5.74, 6) is -0.374. The van der Waals surface area contributed by atoms with Gasteiger partial charge in [-0.3, -0.25) is 4.79 Å². The van der Waals surface area contributed by atoms with Crippen molar-refractivity contribution < 1.29 is 9.18 Å². The van der Waals surface area contributed by atoms with Gasteiger partial charge in [0.2, 0.25) is 0 Å². The summed E-state index contributed by atoms with van der Waals surface area (Å²) in [5.41, 5.74) is -0.547. The zero-order chi connectivity index (χ0) is 14.8. The Balaban J connectivity index is 2.13. The molecule has 0 aliphatic heterocycles. The third kappa shape index (κ3) is 3.10. The zero-order valence-corrected chi connectivity index (χ0v) is 12.0. The summed E-state index contributed by atoms with van der Waals surface area (Å²) in [6.45, 7) is 2.14. The molecular formula is C15H16ClFN2O. The number of benzene rings is 1. The first-order valence-corrected chi connectivity index (χ1v) is 7.02. The summed E-state index contributed by atoms with van der Waals surface area (Å²) in [4.78, 5) is 12.2. The number of carbonyl (C=O) groups is 1. The van der Waals surface area contributed by atoms with Gasteiger partial charge in [0.1, 0.15) is 11.4 Å². The molecule has 0 saturated heterocycles. The van der Waals surface area contributed by atoms with E-state index in [0.29, 0.717) is 18.8 Å². The van der Waals surface area contributed by atoms with Crippen LogP contribution in [0.25, 0.3) is 0 Å². The van der Waals surface area contributed by atoms with Crippen LogP contribution in [0, 0.1) is 23.1 Å². The van der Waals surface area contributed by atoms with Gasteiger partial charge in [-0.2, -0.15) is 5.26 Å². The van der Waals surface area contributed by atoms with Crippen LogP contribution in [0.4, 0.5) is 4.39 Å². The SMILES string of the molecule is CC1CCC(C#N)(NC(=O)c2ccc(F)c(Cl)c2)CC1. The van der Waals surface area contributed by atoms with Crippen molar-refractivity contribution in [3.8, 4) is 6.07 Å². The number of rotatable bonds is 2. The molecule has 106 valence electrons. The molecule has 0 bridgehead atoms. The standard InChI is InChI=1S/C15H16ClFN2O/c1-10-4-6-15(9-18,7-5-10)19-14(20)11-2-3-13(17)12(16)8-11/h2-3,8,10H,4-7H2,1H3,(H,19,20). The number of halogens is 2. The molecule has 5 heteroatoms. The Morgan fingerprint density at radius 3 is 2.70 bits per heavy atom. The first-order chi connectivity index (χ1) is 9.46. The minimum atomic E-state index is -0.815. The van der Waals surface area contributed by atoms with Crippen molar-refractivity contribution in [1.29, 1.82) is 5.26 Å². The van der Waals surface area contributed by atoms with E-state index >= 15 is 0 Å². The predicted octanol–water partition coefficient (Wildman–Crippen LogP) is 3.68. The average molecular weight is 295 g/mol. The van der Waals surface area contributed by atoms with Crippen LogP contribution in [0.15, 0.2) is 18.2 Å². The number of amides is 1. The normalized spacial score (nSPS) is 25.8. The molecule has 1 aliphatic carbocycles. The number of nitrogens with one attached hydrogen (secondary N) is 1. The van der Waals surface area contributed by atoms with E-state index in [4.69, 9.17) is 11.6 Å². The van der Waals surface area contributed by atoms with Crippen molar-refractivity contribution in [3.63, 3.8) is 0 Å². The van der Waals surface area contributed by atoms with Crippen molar-refractivity contribution in [2.24, 2.45) is 5.92 Å². The molecule has 3 nitrogen and oxygen atoms in total. The molecule has 1 saturated carbocycles. The van der Waals surface area contributed by atoms with Gasteiger partial charge in [0.15, 0.2) is 0 Å². The van der Waals surface area contributed by atoms with E-state index in [9.17, 15) is 14.4 Å². The first kappa shape index (κ1) is 14.8. The summed E-state index contributed by atoms with van der Waals surface area (Å²) in [6, 6.07) is 6.03. The summed E-state index contributed by atoms with van der Waals surface area (Å²) in [5, 5.41) is 12.1. The fourth-order valence-corrected chi connectivity index (χ4v) is 2.63. The highest BCUT2D eigenvalue weighted by Crippen LogP contribution is 2.31. The van der Waals surface area contributed by atoms with Gasteiger partial charge < -0.3 is 5.32 Å². The molecule has 0 heterocycles. The Labute approximate surface area is 122 Å². The fourth-order valence-electron chi connectivity index (χ4n) is 2.45. The predicted molar refractivity (Wildman–Crippen MR) is 74.9 cm³/mol. The van der Waals surface area contributed by atoms with Gasteiger partial charge in [0.25, 0.3) is 5.91 Å². The Hall–Kier alpha value is -1.60. The molecule has 0 unspecified atom stereocenters. The topological polar surface area (TPSA) is 52.9 Å². The molecule has 1 aromatic carbocycles. The maximum absolute atomic E-state index is 13.1. The number of nitriles is 1. The van der Waals surface area contributed by atoms with E-state index < -0.39 is 11.4 Å². The largest absolute Gasteiger partial charge is 0.334 e. The molecule has 0 radical (unpaired) electrons. The van der Waals surface area contributed by atoms with Crippen molar-refractivity contribution in [1.82, 2.24) is 5.32 Å². The van der Waals surface area contributed by atoms with Crippen LogP contribution in [0.1, 0.15) is 43.0 Å². The average Bonchev–Trinajstić information content (AvgIpc) is 2.44. The molecule has 1 N–H and O–H groups in total. The highest BCUT2D eigenvalue weighted by molar-refractivity contribution is 6.31. The minimum absolute atomic E-state index is 0.0964. The quantitative estimate of drug-likeness (QED) is 0.904. The van der Waals surface area contributed by atoms with Gasteiger partial charge in [-0.1, -0.05) is 18.5 Å². The third-order valence-corrected chi connectivity index (χ3v) is 4.17. The van der Waals surface area contributed by atoms with Gasteiger partial charge in [-0.05, 0) is 49.8 Å². The molecule has 1 aliphatic rings. The van der Waals surface area contributed by atoms with Crippen LogP contribution in [0.3, 0.4) is 0 Å². The van der Waals surface area contributed by atoms with E-state index in [1.807, 2.05) is 0 Å². The second-order valence-electron chi connectivity index (χ2n) is 5.46. The monoisotopic (exact) mass is 294 g/mol. The van der Waals surface area contributed by atoms with Gasteiger partial charge in [0, 0.05) is 5.56 Å². The second kappa shape index (κ2) is 5.80. The molecule has 1 fully saturated rings. The minimum Gasteiger partial charge on any atom is -0.334 e. The smallest absolute Gasteiger partial charge is 0.252 e. The van der Waals surface area contributed by atoms with E-state index in [2.05, 4.69) is 18.3 Å². The van der Waals surface area contributed by atoms with Crippen LogP contribution in [-0.4, -0.2) is 11.4 Å². The van der Waals surface area contributed by atoms with Crippen LogP contribution in [0.5, 0.6) is 0 Å². The highest BCUT2D eigenvalue weighted by Gasteiger charge is 2.35. The lowest BCUT2D eigenvalue weighted by molar-refractivity contribution is 0.0894. The second-order valence-corrected chi connectivity index (χ2v) is 5.87. The number of nitrogens with zero attached hydrogens (tertiary/aromatic N) is 1. The fraction of sp³-hybridized carbons (Fsp3) is 0.467. The lowest BCUT2D eigenvalue weighted by Crippen LogP contribution is -2.49. The summed E-state index contributed by atoms with van der Waals surface area (Å²) < 4.78 is 13.1. The molecule has 1 aromatic rings. The lowest BCUT2D eigenvalue weighted by atomic mass is 9.78. The number of carbonyl (C=O) groups excluding carboxylic acids is 1. The highest BCUT2D eigenvalue weighted by atomic mass is 35.5. The lowest BCUT2D eigenvalue weighted by Gasteiger charge is -2.34. The van der Waals surface area contributed by atoms with Gasteiger partial charge >= 0.3 is 0 Å². The van der Waals surface area contributed by atoms with E-state index in [1.165, 1.54) is 12.1 Å². The molecule has 2 rings (SSSR count). The molecular weight excluding hydrogens is 279 g/mol. The number of hydrogen-bond acceptors (Lipinski definition) is 2. The Kier molecular flexibility index (Phi) is 4.29. The van der Waals surface area contributed by atoms with Crippen LogP contribution in [-0.2, 0) is 0 Å². The van der Waals surface area contributed by atoms with E-state index in [0.717, 1.165) is 18.9 Å². The van der Waals surface area contributed by atoms with Crippen molar-refractivity contribution in [2.75, 3.05) is 0 Å².